The Bertz CT molecular complexity index is 297. The molecule has 1 aliphatic rings. The van der Waals surface area contributed by atoms with Crippen LogP contribution in [-0.4, -0.2) is 24.1 Å². The summed E-state index contributed by atoms with van der Waals surface area (Å²) in [6.45, 7) is 6.42. The van der Waals surface area contributed by atoms with Crippen LogP contribution in [0.5, 0.6) is 0 Å². The van der Waals surface area contributed by atoms with Crippen LogP contribution in [0.25, 0.3) is 0 Å². The first-order valence-corrected chi connectivity index (χ1v) is 7.53. The number of hydrogen-bond donors (Lipinski definition) is 0. The van der Waals surface area contributed by atoms with Gasteiger partial charge in [-0.3, -0.25) is 0 Å². The van der Waals surface area contributed by atoms with Gasteiger partial charge in [0.15, 0.2) is 0 Å². The van der Waals surface area contributed by atoms with Crippen LogP contribution < -0.4 is 0 Å². The number of carbonyl (C=O) groups excluding carboxylic acids is 1. The Balaban J connectivity index is 2.57. The maximum absolute atomic E-state index is 11.3. The molecular formula is C14H22O2S. The summed E-state index contributed by atoms with van der Waals surface area (Å²) in [7, 11) is 0. The predicted molar refractivity (Wildman–Crippen MR) is 74.2 cm³/mol. The van der Waals surface area contributed by atoms with Gasteiger partial charge in [-0.2, -0.15) is 11.8 Å². The van der Waals surface area contributed by atoms with Gasteiger partial charge in [-0.1, -0.05) is 24.6 Å². The van der Waals surface area contributed by atoms with E-state index in [1.807, 2.05) is 13.0 Å². The molecule has 0 saturated heterocycles. The summed E-state index contributed by atoms with van der Waals surface area (Å²) in [4.78, 5) is 11.3. The van der Waals surface area contributed by atoms with E-state index < -0.39 is 0 Å². The summed E-state index contributed by atoms with van der Waals surface area (Å²) in [5.41, 5.74) is 1.34. The van der Waals surface area contributed by atoms with Crippen LogP contribution in [0.15, 0.2) is 24.3 Å². The number of allylic oxidation sites excluding steroid dienone is 1. The lowest BCUT2D eigenvalue weighted by Gasteiger charge is -2.29. The Morgan fingerprint density at radius 2 is 2.41 bits per heavy atom. The molecule has 2 unspecified atom stereocenters. The topological polar surface area (TPSA) is 26.3 Å². The van der Waals surface area contributed by atoms with Crippen LogP contribution in [0.4, 0.5) is 0 Å². The molecule has 3 heteroatoms. The van der Waals surface area contributed by atoms with Gasteiger partial charge < -0.3 is 4.74 Å². The quantitative estimate of drug-likeness (QED) is 0.426. The zero-order valence-corrected chi connectivity index (χ0v) is 11.6. The normalized spacial score (nSPS) is 22.7. The predicted octanol–water partition coefficient (Wildman–Crippen LogP) is 3.58. The average molecular weight is 254 g/mol. The third-order valence-electron chi connectivity index (χ3n) is 3.16. The second kappa shape index (κ2) is 7.59. The van der Waals surface area contributed by atoms with Gasteiger partial charge in [0.2, 0.25) is 0 Å². The van der Waals surface area contributed by atoms with E-state index in [9.17, 15) is 4.79 Å². The molecule has 0 heterocycles. The molecule has 0 aromatic heterocycles. The minimum absolute atomic E-state index is 0.243. The van der Waals surface area contributed by atoms with Crippen LogP contribution in [-0.2, 0) is 9.53 Å². The highest BCUT2D eigenvalue weighted by Gasteiger charge is 2.24. The molecule has 2 atom stereocenters. The highest BCUT2D eigenvalue weighted by Crippen LogP contribution is 2.35. The lowest BCUT2D eigenvalue weighted by Crippen LogP contribution is -2.20. The Hall–Kier alpha value is -0.700. The van der Waals surface area contributed by atoms with Crippen LogP contribution >= 0.6 is 11.8 Å². The van der Waals surface area contributed by atoms with E-state index >= 15 is 0 Å². The molecule has 1 fully saturated rings. The third kappa shape index (κ3) is 4.58. The first-order valence-electron chi connectivity index (χ1n) is 6.24. The van der Waals surface area contributed by atoms with Gasteiger partial charge in [0.05, 0.1) is 6.61 Å². The number of ether oxygens (including phenoxy) is 1. The first-order chi connectivity index (χ1) is 8.19. The maximum Gasteiger partial charge on any atom is 0.330 e. The van der Waals surface area contributed by atoms with E-state index in [0.29, 0.717) is 17.8 Å². The molecule has 1 aliphatic carbocycles. The fourth-order valence-corrected chi connectivity index (χ4v) is 3.14. The van der Waals surface area contributed by atoms with Crippen molar-refractivity contribution in [1.82, 2.24) is 0 Å². The lowest BCUT2D eigenvalue weighted by molar-refractivity contribution is -0.137. The molecule has 0 aromatic carbocycles. The summed E-state index contributed by atoms with van der Waals surface area (Å²) in [6, 6.07) is 0. The zero-order valence-electron chi connectivity index (χ0n) is 10.8. The smallest absolute Gasteiger partial charge is 0.330 e. The summed E-state index contributed by atoms with van der Waals surface area (Å²) >= 11 is 1.78. The molecule has 0 aromatic rings. The number of thioether (sulfide) groups is 1. The lowest BCUT2D eigenvalue weighted by atomic mass is 9.83. The van der Waals surface area contributed by atoms with Crippen molar-refractivity contribution in [3.63, 3.8) is 0 Å². The first kappa shape index (κ1) is 14.4. The summed E-state index contributed by atoms with van der Waals surface area (Å²) in [5.74, 6) is 0.275. The second-order valence-electron chi connectivity index (χ2n) is 4.32. The number of esters is 1. The van der Waals surface area contributed by atoms with Crippen molar-refractivity contribution in [3.8, 4) is 0 Å². The van der Waals surface area contributed by atoms with Crippen LogP contribution in [0.3, 0.4) is 0 Å². The second-order valence-corrected chi connectivity index (χ2v) is 5.34. The van der Waals surface area contributed by atoms with Crippen molar-refractivity contribution in [2.45, 2.75) is 37.9 Å². The fourth-order valence-electron chi connectivity index (χ4n) is 2.24. The summed E-state index contributed by atoms with van der Waals surface area (Å²) < 4.78 is 4.89. The summed E-state index contributed by atoms with van der Waals surface area (Å²) in [5, 5.41) is 0.354. The molecule has 0 radical (unpaired) electrons. The number of rotatable bonds is 5. The van der Waals surface area contributed by atoms with Gasteiger partial charge in [0, 0.05) is 11.3 Å². The molecule has 1 rings (SSSR count). The Morgan fingerprint density at radius 3 is 3.00 bits per heavy atom. The molecule has 0 bridgehead atoms. The average Bonchev–Trinajstić information content (AvgIpc) is 2.32. The third-order valence-corrected chi connectivity index (χ3v) is 4.19. The standard InChI is InChI=1S/C14H22O2S/c1-4-16-14(15)10-9-13(17-3)12-8-6-5-7-11(12)2/h9-10,12-13H,2,4-8H2,1,3H3/b10-9+. The number of hydrogen-bond acceptors (Lipinski definition) is 3. The van der Waals surface area contributed by atoms with Crippen molar-refractivity contribution in [2.24, 2.45) is 5.92 Å². The monoisotopic (exact) mass is 254 g/mol. The molecular weight excluding hydrogens is 232 g/mol. The van der Waals surface area contributed by atoms with Crippen molar-refractivity contribution >= 4 is 17.7 Å². The molecule has 1 saturated carbocycles. The van der Waals surface area contributed by atoms with E-state index in [1.165, 1.54) is 24.8 Å². The van der Waals surface area contributed by atoms with E-state index in [4.69, 9.17) is 4.74 Å². The van der Waals surface area contributed by atoms with E-state index in [1.54, 1.807) is 17.8 Å². The van der Waals surface area contributed by atoms with Crippen molar-refractivity contribution in [3.05, 3.63) is 24.3 Å². The minimum Gasteiger partial charge on any atom is -0.463 e. The van der Waals surface area contributed by atoms with E-state index in [0.717, 1.165) is 6.42 Å². The van der Waals surface area contributed by atoms with Crippen molar-refractivity contribution in [2.75, 3.05) is 12.9 Å². The minimum atomic E-state index is -0.243. The molecule has 0 aliphatic heterocycles. The largest absolute Gasteiger partial charge is 0.463 e. The van der Waals surface area contributed by atoms with Crippen molar-refractivity contribution < 1.29 is 9.53 Å². The Labute approximate surface area is 108 Å². The van der Waals surface area contributed by atoms with Crippen LogP contribution in [0.1, 0.15) is 32.6 Å². The molecule has 0 spiro atoms. The maximum atomic E-state index is 11.3. The van der Waals surface area contributed by atoms with Gasteiger partial charge in [-0.25, -0.2) is 4.79 Å². The molecule has 0 N–H and O–H groups in total. The van der Waals surface area contributed by atoms with Crippen LogP contribution in [0, 0.1) is 5.92 Å². The molecule has 96 valence electrons. The van der Waals surface area contributed by atoms with Crippen LogP contribution in [0.2, 0.25) is 0 Å². The number of carbonyl (C=O) groups is 1. The molecule has 17 heavy (non-hydrogen) atoms. The van der Waals surface area contributed by atoms with Gasteiger partial charge in [0.25, 0.3) is 0 Å². The van der Waals surface area contributed by atoms with Gasteiger partial charge >= 0.3 is 5.97 Å². The van der Waals surface area contributed by atoms with Gasteiger partial charge in [-0.15, -0.1) is 0 Å². The van der Waals surface area contributed by atoms with E-state index in [-0.39, 0.29) is 5.97 Å². The Kier molecular flexibility index (Phi) is 6.41. The van der Waals surface area contributed by atoms with Crippen molar-refractivity contribution in [1.29, 1.82) is 0 Å². The Morgan fingerprint density at radius 1 is 1.65 bits per heavy atom. The van der Waals surface area contributed by atoms with Gasteiger partial charge in [0.1, 0.15) is 0 Å². The van der Waals surface area contributed by atoms with Gasteiger partial charge in [-0.05, 0) is 38.4 Å². The van der Waals surface area contributed by atoms with E-state index in [2.05, 4.69) is 12.8 Å². The highest BCUT2D eigenvalue weighted by atomic mass is 32.2. The zero-order chi connectivity index (χ0) is 12.7. The highest BCUT2D eigenvalue weighted by molar-refractivity contribution is 7.99. The fraction of sp³-hybridized carbons (Fsp3) is 0.643. The molecule has 2 nitrogen and oxygen atoms in total. The molecule has 0 amide bonds. The SMILES string of the molecule is C=C1CCCCC1C(/C=C/C(=O)OCC)SC. The summed E-state index contributed by atoms with van der Waals surface area (Å²) in [6.07, 6.45) is 10.5.